The van der Waals surface area contributed by atoms with E-state index in [9.17, 15) is 4.79 Å². The van der Waals surface area contributed by atoms with Crippen LogP contribution in [0.25, 0.3) is 0 Å². The van der Waals surface area contributed by atoms with Gasteiger partial charge in [0.2, 0.25) is 0 Å². The Morgan fingerprint density at radius 3 is 2.33 bits per heavy atom. The fraction of sp³-hybridized carbons (Fsp3) is 0.167. The van der Waals surface area contributed by atoms with E-state index in [0.29, 0.717) is 32.9 Å². The molecule has 0 aliphatic heterocycles. The fourth-order valence-corrected chi connectivity index (χ4v) is 3.03. The van der Waals surface area contributed by atoms with Crippen LogP contribution >= 0.6 is 34.8 Å². The van der Waals surface area contributed by atoms with Crippen molar-refractivity contribution in [1.82, 2.24) is 0 Å². The normalized spacial score (nSPS) is 11.4. The van der Waals surface area contributed by atoms with Crippen molar-refractivity contribution in [3.63, 3.8) is 0 Å². The van der Waals surface area contributed by atoms with Gasteiger partial charge in [-0.25, -0.2) is 0 Å². The highest BCUT2D eigenvalue weighted by molar-refractivity contribution is 6.39. The van der Waals surface area contributed by atoms with E-state index >= 15 is 0 Å². The number of benzene rings is 2. The van der Waals surface area contributed by atoms with E-state index in [2.05, 4.69) is 0 Å². The molecule has 0 amide bonds. The molecular formula is C18H16Cl3NO2. The van der Waals surface area contributed by atoms with Gasteiger partial charge in [0.25, 0.3) is 0 Å². The summed E-state index contributed by atoms with van der Waals surface area (Å²) >= 11 is 18.7. The lowest BCUT2D eigenvalue weighted by atomic mass is 10.1. The first-order chi connectivity index (χ1) is 11.4. The Hall–Kier alpha value is -1.68. The topological polar surface area (TPSA) is 40.5 Å². The van der Waals surface area contributed by atoms with Crippen molar-refractivity contribution in [3.05, 3.63) is 69.2 Å². The molecule has 0 radical (unpaired) electrons. The maximum absolute atomic E-state index is 11.2. The maximum atomic E-state index is 11.2. The van der Waals surface area contributed by atoms with Gasteiger partial charge in [0, 0.05) is 17.3 Å². The highest BCUT2D eigenvalue weighted by Crippen LogP contribution is 2.39. The molecule has 3 nitrogen and oxygen atoms in total. The number of hydrogen-bond acceptors (Lipinski definition) is 2. The average molecular weight is 385 g/mol. The Morgan fingerprint density at radius 2 is 1.75 bits per heavy atom. The molecule has 0 spiro atoms. The van der Waals surface area contributed by atoms with Crippen LogP contribution in [0.1, 0.15) is 12.5 Å². The second-order valence-corrected chi connectivity index (χ2v) is 6.58. The zero-order valence-corrected chi connectivity index (χ0v) is 15.2. The van der Waals surface area contributed by atoms with E-state index < -0.39 is 5.97 Å². The van der Waals surface area contributed by atoms with E-state index in [0.717, 1.165) is 5.69 Å². The summed E-state index contributed by atoms with van der Waals surface area (Å²) in [5.41, 5.74) is 2.01. The summed E-state index contributed by atoms with van der Waals surface area (Å²) in [6.07, 6.45) is 1.72. The standard InChI is InChI=1S/C18H16Cl3NO2/c1-12(19)9-10-22(18-14(20)6-4-7-15(18)21)16-8-3-2-5-13(16)11-17(23)24/h2-9H,10-11H2,1H3,(H,23,24)/b12-9-. The predicted octanol–water partition coefficient (Wildman–Crippen LogP) is 5.90. The number of allylic oxidation sites excluding steroid dienone is 1. The van der Waals surface area contributed by atoms with Crippen LogP contribution in [0.5, 0.6) is 0 Å². The summed E-state index contributed by atoms with van der Waals surface area (Å²) in [4.78, 5) is 13.0. The maximum Gasteiger partial charge on any atom is 0.307 e. The van der Waals surface area contributed by atoms with E-state index in [1.807, 2.05) is 23.1 Å². The highest BCUT2D eigenvalue weighted by Gasteiger charge is 2.19. The molecule has 24 heavy (non-hydrogen) atoms. The van der Waals surface area contributed by atoms with Gasteiger partial charge in [-0.3, -0.25) is 4.79 Å². The molecule has 6 heteroatoms. The van der Waals surface area contributed by atoms with Crippen molar-refractivity contribution >= 4 is 52.1 Å². The number of halogens is 3. The molecule has 1 N–H and O–H groups in total. The summed E-state index contributed by atoms with van der Waals surface area (Å²) in [6.45, 7) is 2.19. The second-order valence-electron chi connectivity index (χ2n) is 5.17. The molecule has 0 saturated heterocycles. The number of aliphatic carboxylic acids is 1. The number of rotatable bonds is 6. The van der Waals surface area contributed by atoms with Crippen LogP contribution in [0.3, 0.4) is 0 Å². The molecule has 0 heterocycles. The van der Waals surface area contributed by atoms with Crippen molar-refractivity contribution < 1.29 is 9.90 Å². The van der Waals surface area contributed by atoms with Crippen LogP contribution in [0.4, 0.5) is 11.4 Å². The number of nitrogens with zero attached hydrogens (tertiary/aromatic N) is 1. The first-order valence-corrected chi connectivity index (χ1v) is 8.37. The van der Waals surface area contributed by atoms with Crippen LogP contribution in [-0.4, -0.2) is 17.6 Å². The van der Waals surface area contributed by atoms with Crippen LogP contribution in [-0.2, 0) is 11.2 Å². The van der Waals surface area contributed by atoms with E-state index in [-0.39, 0.29) is 6.42 Å². The molecule has 0 aliphatic rings. The Bertz CT molecular complexity index is 750. The van der Waals surface area contributed by atoms with Gasteiger partial charge in [-0.15, -0.1) is 0 Å². The number of carbonyl (C=O) groups is 1. The molecular weight excluding hydrogens is 369 g/mol. The minimum atomic E-state index is -0.906. The number of carboxylic acid groups (broad SMARTS) is 1. The molecule has 0 aliphatic carbocycles. The summed E-state index contributed by atoms with van der Waals surface area (Å²) < 4.78 is 0. The van der Waals surface area contributed by atoms with Gasteiger partial charge >= 0.3 is 5.97 Å². The molecule has 2 rings (SSSR count). The zero-order valence-electron chi connectivity index (χ0n) is 13.0. The summed E-state index contributed by atoms with van der Waals surface area (Å²) in [6, 6.07) is 12.5. The van der Waals surface area contributed by atoms with Crippen molar-refractivity contribution in [3.8, 4) is 0 Å². The fourth-order valence-electron chi connectivity index (χ4n) is 2.36. The third-order valence-electron chi connectivity index (χ3n) is 3.39. The third-order valence-corrected chi connectivity index (χ3v) is 4.15. The van der Waals surface area contributed by atoms with Crippen LogP contribution < -0.4 is 4.90 Å². The average Bonchev–Trinajstić information content (AvgIpc) is 2.50. The lowest BCUT2D eigenvalue weighted by Gasteiger charge is -2.28. The minimum absolute atomic E-state index is 0.0989. The van der Waals surface area contributed by atoms with Crippen molar-refractivity contribution in [2.75, 3.05) is 11.4 Å². The highest BCUT2D eigenvalue weighted by atomic mass is 35.5. The minimum Gasteiger partial charge on any atom is -0.481 e. The molecule has 2 aromatic carbocycles. The first-order valence-electron chi connectivity index (χ1n) is 7.23. The van der Waals surface area contributed by atoms with Gasteiger partial charge < -0.3 is 10.0 Å². The number of anilines is 2. The van der Waals surface area contributed by atoms with Crippen molar-refractivity contribution in [2.45, 2.75) is 13.3 Å². The van der Waals surface area contributed by atoms with Crippen LogP contribution in [0.2, 0.25) is 10.0 Å². The third kappa shape index (κ3) is 4.67. The second kappa shape index (κ2) is 8.43. The van der Waals surface area contributed by atoms with Crippen LogP contribution in [0, 0.1) is 0 Å². The lowest BCUT2D eigenvalue weighted by molar-refractivity contribution is -0.136. The summed E-state index contributed by atoms with van der Waals surface area (Å²) in [7, 11) is 0. The van der Waals surface area contributed by atoms with Gasteiger partial charge in [-0.2, -0.15) is 0 Å². The van der Waals surface area contributed by atoms with Gasteiger partial charge in [-0.1, -0.05) is 65.1 Å². The quantitative estimate of drug-likeness (QED) is 0.674. The zero-order chi connectivity index (χ0) is 17.7. The van der Waals surface area contributed by atoms with Crippen molar-refractivity contribution in [2.24, 2.45) is 0 Å². The molecule has 2 aromatic rings. The Balaban J connectivity index is 2.60. The molecule has 0 bridgehead atoms. The van der Waals surface area contributed by atoms with E-state index in [4.69, 9.17) is 39.9 Å². The SMILES string of the molecule is C/C(Cl)=C/CN(c1ccccc1CC(=O)O)c1c(Cl)cccc1Cl. The van der Waals surface area contributed by atoms with Crippen LogP contribution in [0.15, 0.2) is 53.6 Å². The van der Waals surface area contributed by atoms with Gasteiger partial charge in [0.15, 0.2) is 0 Å². The predicted molar refractivity (Wildman–Crippen MR) is 101 cm³/mol. The monoisotopic (exact) mass is 383 g/mol. The molecule has 0 fully saturated rings. The van der Waals surface area contributed by atoms with Gasteiger partial charge in [0.05, 0.1) is 22.2 Å². The first kappa shape index (κ1) is 18.7. The van der Waals surface area contributed by atoms with E-state index in [1.54, 1.807) is 37.3 Å². The summed E-state index contributed by atoms with van der Waals surface area (Å²) in [5.74, 6) is -0.906. The molecule has 0 atom stereocenters. The number of para-hydroxylation sites is 2. The molecule has 126 valence electrons. The number of carboxylic acids is 1. The largest absolute Gasteiger partial charge is 0.481 e. The van der Waals surface area contributed by atoms with Gasteiger partial charge in [-0.05, 0) is 30.7 Å². The van der Waals surface area contributed by atoms with E-state index in [1.165, 1.54) is 0 Å². The Labute approximate surface area is 156 Å². The van der Waals surface area contributed by atoms with Crippen molar-refractivity contribution in [1.29, 1.82) is 0 Å². The lowest BCUT2D eigenvalue weighted by Crippen LogP contribution is -2.20. The molecule has 0 unspecified atom stereocenters. The molecule has 0 saturated carbocycles. The molecule has 0 aromatic heterocycles. The van der Waals surface area contributed by atoms with Gasteiger partial charge in [0.1, 0.15) is 0 Å². The number of hydrogen-bond donors (Lipinski definition) is 1. The summed E-state index contributed by atoms with van der Waals surface area (Å²) in [5, 5.41) is 10.8. The Morgan fingerprint density at radius 1 is 1.12 bits per heavy atom. The smallest absolute Gasteiger partial charge is 0.307 e. The Kier molecular flexibility index (Phi) is 6.55.